The molecule has 2 aromatic rings. The Labute approximate surface area is 96.6 Å². The summed E-state index contributed by atoms with van der Waals surface area (Å²) in [6.45, 7) is 9.34. The van der Waals surface area contributed by atoms with Crippen molar-refractivity contribution in [3.63, 3.8) is 0 Å². The van der Waals surface area contributed by atoms with E-state index in [-0.39, 0.29) is 5.41 Å². The van der Waals surface area contributed by atoms with E-state index in [2.05, 4.69) is 44.0 Å². The highest BCUT2D eigenvalue weighted by molar-refractivity contribution is 5.82. The van der Waals surface area contributed by atoms with Gasteiger partial charge in [0.25, 0.3) is 0 Å². The van der Waals surface area contributed by atoms with Crippen LogP contribution in [0.5, 0.6) is 5.75 Å². The first-order valence-electron chi connectivity index (χ1n) is 5.77. The standard InChI is InChI=1S/C14H19NO/c1-5-16-11-6-7-12-10(8-11)9-13(15-12)14(2,3)4/h6-9,15H,5H2,1-4H3. The van der Waals surface area contributed by atoms with Gasteiger partial charge in [0.2, 0.25) is 0 Å². The predicted molar refractivity (Wildman–Crippen MR) is 68.2 cm³/mol. The van der Waals surface area contributed by atoms with Crippen LogP contribution in [0, 0.1) is 0 Å². The second kappa shape index (κ2) is 3.85. The first-order chi connectivity index (χ1) is 7.50. The zero-order valence-corrected chi connectivity index (χ0v) is 10.4. The van der Waals surface area contributed by atoms with Crippen LogP contribution in [0.25, 0.3) is 10.9 Å². The number of fused-ring (bicyclic) bond motifs is 1. The molecule has 1 aromatic heterocycles. The quantitative estimate of drug-likeness (QED) is 0.811. The number of hydrogen-bond acceptors (Lipinski definition) is 1. The average Bonchev–Trinajstić information content (AvgIpc) is 2.60. The maximum atomic E-state index is 5.49. The van der Waals surface area contributed by atoms with E-state index < -0.39 is 0 Å². The fraction of sp³-hybridized carbons (Fsp3) is 0.429. The van der Waals surface area contributed by atoms with E-state index >= 15 is 0 Å². The smallest absolute Gasteiger partial charge is 0.120 e. The number of hydrogen-bond donors (Lipinski definition) is 1. The summed E-state index contributed by atoms with van der Waals surface area (Å²) in [6, 6.07) is 8.38. The van der Waals surface area contributed by atoms with E-state index in [9.17, 15) is 0 Å². The number of benzene rings is 1. The minimum Gasteiger partial charge on any atom is -0.494 e. The van der Waals surface area contributed by atoms with Gasteiger partial charge in [-0.15, -0.1) is 0 Å². The maximum absolute atomic E-state index is 5.49. The lowest BCUT2D eigenvalue weighted by atomic mass is 9.92. The van der Waals surface area contributed by atoms with E-state index in [1.54, 1.807) is 0 Å². The third-order valence-electron chi connectivity index (χ3n) is 2.71. The fourth-order valence-electron chi connectivity index (χ4n) is 1.77. The molecular formula is C14H19NO. The Morgan fingerprint density at radius 3 is 2.56 bits per heavy atom. The van der Waals surface area contributed by atoms with Crippen LogP contribution in [0.2, 0.25) is 0 Å². The van der Waals surface area contributed by atoms with Crippen molar-refractivity contribution in [2.75, 3.05) is 6.61 Å². The molecule has 0 atom stereocenters. The van der Waals surface area contributed by atoms with Crippen LogP contribution in [0.1, 0.15) is 33.4 Å². The number of ether oxygens (including phenoxy) is 1. The van der Waals surface area contributed by atoms with Gasteiger partial charge >= 0.3 is 0 Å². The summed E-state index contributed by atoms with van der Waals surface area (Å²) in [4.78, 5) is 3.45. The van der Waals surface area contributed by atoms with E-state index in [1.807, 2.05) is 13.0 Å². The number of rotatable bonds is 2. The van der Waals surface area contributed by atoms with E-state index in [0.29, 0.717) is 6.61 Å². The summed E-state index contributed by atoms with van der Waals surface area (Å²) >= 11 is 0. The molecule has 1 aromatic carbocycles. The molecule has 0 aliphatic carbocycles. The van der Waals surface area contributed by atoms with E-state index in [4.69, 9.17) is 4.74 Å². The highest BCUT2D eigenvalue weighted by Crippen LogP contribution is 2.27. The Balaban J connectivity index is 2.46. The second-order valence-electron chi connectivity index (χ2n) is 5.12. The fourth-order valence-corrected chi connectivity index (χ4v) is 1.77. The normalized spacial score (nSPS) is 12.0. The average molecular weight is 217 g/mol. The molecule has 2 heteroatoms. The van der Waals surface area contributed by atoms with Gasteiger partial charge in [-0.1, -0.05) is 20.8 Å². The van der Waals surface area contributed by atoms with Gasteiger partial charge in [0.05, 0.1) is 6.61 Å². The molecule has 1 N–H and O–H groups in total. The van der Waals surface area contributed by atoms with Crippen molar-refractivity contribution in [1.82, 2.24) is 4.98 Å². The van der Waals surface area contributed by atoms with Gasteiger partial charge in [-0.25, -0.2) is 0 Å². The van der Waals surface area contributed by atoms with Gasteiger partial charge < -0.3 is 9.72 Å². The van der Waals surface area contributed by atoms with Crippen molar-refractivity contribution in [2.24, 2.45) is 0 Å². The minimum absolute atomic E-state index is 0.158. The molecule has 0 spiro atoms. The zero-order chi connectivity index (χ0) is 11.8. The molecule has 0 aliphatic heterocycles. The Hall–Kier alpha value is -1.44. The molecule has 0 radical (unpaired) electrons. The first-order valence-corrected chi connectivity index (χ1v) is 5.77. The van der Waals surface area contributed by atoms with Crippen molar-refractivity contribution in [1.29, 1.82) is 0 Å². The van der Waals surface area contributed by atoms with Crippen LogP contribution in [0.15, 0.2) is 24.3 Å². The third-order valence-corrected chi connectivity index (χ3v) is 2.71. The molecule has 16 heavy (non-hydrogen) atoms. The van der Waals surface area contributed by atoms with Gasteiger partial charge in [-0.05, 0) is 31.2 Å². The van der Waals surface area contributed by atoms with Crippen molar-refractivity contribution < 1.29 is 4.74 Å². The monoisotopic (exact) mass is 217 g/mol. The van der Waals surface area contributed by atoms with Gasteiger partial charge in [0.15, 0.2) is 0 Å². The van der Waals surface area contributed by atoms with Crippen molar-refractivity contribution in [3.8, 4) is 5.75 Å². The molecule has 0 bridgehead atoms. The maximum Gasteiger partial charge on any atom is 0.120 e. The summed E-state index contributed by atoms with van der Waals surface area (Å²) in [7, 11) is 0. The summed E-state index contributed by atoms with van der Waals surface area (Å²) in [5.74, 6) is 0.939. The van der Waals surface area contributed by atoms with Crippen molar-refractivity contribution in [3.05, 3.63) is 30.0 Å². The summed E-state index contributed by atoms with van der Waals surface area (Å²) in [5, 5.41) is 1.22. The first kappa shape index (κ1) is 11.1. The number of aromatic amines is 1. The summed E-state index contributed by atoms with van der Waals surface area (Å²) in [6.07, 6.45) is 0. The van der Waals surface area contributed by atoms with Gasteiger partial charge in [-0.2, -0.15) is 0 Å². The van der Waals surface area contributed by atoms with Crippen LogP contribution in [-0.2, 0) is 5.41 Å². The van der Waals surface area contributed by atoms with Gasteiger partial charge in [-0.3, -0.25) is 0 Å². The summed E-state index contributed by atoms with van der Waals surface area (Å²) < 4.78 is 5.49. The molecule has 0 unspecified atom stereocenters. The van der Waals surface area contributed by atoms with Crippen LogP contribution in [0.3, 0.4) is 0 Å². The Kier molecular flexibility index (Phi) is 2.66. The molecule has 0 amide bonds. The number of aromatic nitrogens is 1. The van der Waals surface area contributed by atoms with Crippen LogP contribution < -0.4 is 4.74 Å². The van der Waals surface area contributed by atoms with Crippen LogP contribution >= 0.6 is 0 Å². The van der Waals surface area contributed by atoms with Crippen molar-refractivity contribution in [2.45, 2.75) is 33.1 Å². The SMILES string of the molecule is CCOc1ccc2[nH]c(C(C)(C)C)cc2c1. The molecule has 2 rings (SSSR count). The third kappa shape index (κ3) is 2.06. The molecule has 1 heterocycles. The molecule has 0 aliphatic rings. The molecule has 0 fully saturated rings. The minimum atomic E-state index is 0.158. The molecular weight excluding hydrogens is 198 g/mol. The molecule has 86 valence electrons. The van der Waals surface area contributed by atoms with Crippen LogP contribution in [0.4, 0.5) is 0 Å². The predicted octanol–water partition coefficient (Wildman–Crippen LogP) is 3.86. The lowest BCUT2D eigenvalue weighted by Crippen LogP contribution is -2.10. The van der Waals surface area contributed by atoms with Gasteiger partial charge in [0.1, 0.15) is 5.75 Å². The Morgan fingerprint density at radius 1 is 1.19 bits per heavy atom. The lowest BCUT2D eigenvalue weighted by molar-refractivity contribution is 0.341. The number of H-pyrrole nitrogens is 1. The topological polar surface area (TPSA) is 25.0 Å². The summed E-state index contributed by atoms with van der Waals surface area (Å²) in [5.41, 5.74) is 2.59. The van der Waals surface area contributed by atoms with Crippen LogP contribution in [-0.4, -0.2) is 11.6 Å². The zero-order valence-electron chi connectivity index (χ0n) is 10.4. The second-order valence-corrected chi connectivity index (χ2v) is 5.12. The highest BCUT2D eigenvalue weighted by Gasteiger charge is 2.16. The van der Waals surface area contributed by atoms with Crippen molar-refractivity contribution >= 4 is 10.9 Å². The number of nitrogens with one attached hydrogen (secondary N) is 1. The van der Waals surface area contributed by atoms with E-state index in [0.717, 1.165) is 5.75 Å². The van der Waals surface area contributed by atoms with Gasteiger partial charge in [0, 0.05) is 22.0 Å². The Bertz CT molecular complexity index is 491. The van der Waals surface area contributed by atoms with E-state index in [1.165, 1.54) is 16.6 Å². The molecule has 2 nitrogen and oxygen atoms in total. The molecule has 0 saturated heterocycles. The Morgan fingerprint density at radius 2 is 1.94 bits per heavy atom. The lowest BCUT2D eigenvalue weighted by Gasteiger charge is -2.15. The molecule has 0 saturated carbocycles. The highest BCUT2D eigenvalue weighted by atomic mass is 16.5. The largest absolute Gasteiger partial charge is 0.494 e.